The molecule has 0 radical (unpaired) electrons. The number of rotatable bonds is 8. The van der Waals surface area contributed by atoms with Crippen LogP contribution in [-0.2, 0) is 13.0 Å². The van der Waals surface area contributed by atoms with E-state index in [1.54, 1.807) is 11.9 Å². The molecular weight excluding hydrogens is 480 g/mol. The summed E-state index contributed by atoms with van der Waals surface area (Å²) in [5, 5.41) is 0.747. The van der Waals surface area contributed by atoms with E-state index in [-0.39, 0.29) is 0 Å². The molecule has 1 nitrogen and oxygen atoms in total. The first-order valence-electron chi connectivity index (χ1n) is 11.6. The van der Waals surface area contributed by atoms with Crippen LogP contribution in [0.1, 0.15) is 27.8 Å². The van der Waals surface area contributed by atoms with Crippen LogP contribution in [0.25, 0.3) is 11.1 Å². The van der Waals surface area contributed by atoms with E-state index in [1.807, 2.05) is 42.5 Å². The molecule has 0 aliphatic carbocycles. The van der Waals surface area contributed by atoms with Crippen LogP contribution < -0.4 is 0 Å². The van der Waals surface area contributed by atoms with E-state index >= 15 is 0 Å². The van der Waals surface area contributed by atoms with Gasteiger partial charge in [-0.05, 0) is 96.8 Å². The highest BCUT2D eigenvalue weighted by atomic mass is 35.5. The lowest BCUT2D eigenvalue weighted by Gasteiger charge is -2.24. The van der Waals surface area contributed by atoms with Crippen LogP contribution >= 0.6 is 23.5 Å². The second kappa shape index (κ2) is 11.4. The van der Waals surface area contributed by atoms with E-state index in [2.05, 4.69) is 43.3 Å². The Labute approximate surface area is 215 Å². The van der Waals surface area contributed by atoms with Crippen molar-refractivity contribution in [3.63, 3.8) is 0 Å². The van der Waals surface area contributed by atoms with Gasteiger partial charge in [0.05, 0.1) is 0 Å². The summed E-state index contributed by atoms with van der Waals surface area (Å²) in [6, 6.07) is 23.9. The van der Waals surface area contributed by atoms with Gasteiger partial charge in [-0.25, -0.2) is 13.1 Å². The molecule has 180 valence electrons. The molecule has 0 aromatic heterocycles. The van der Waals surface area contributed by atoms with Crippen LogP contribution in [0.3, 0.4) is 0 Å². The highest BCUT2D eigenvalue weighted by Crippen LogP contribution is 2.32. The van der Waals surface area contributed by atoms with Crippen LogP contribution in [0.2, 0.25) is 5.02 Å². The lowest BCUT2D eigenvalue weighted by Crippen LogP contribution is -2.19. The van der Waals surface area contributed by atoms with Crippen molar-refractivity contribution in [1.82, 2.24) is 4.31 Å². The Morgan fingerprint density at radius 1 is 0.743 bits per heavy atom. The van der Waals surface area contributed by atoms with E-state index in [4.69, 9.17) is 11.6 Å². The van der Waals surface area contributed by atoms with Crippen molar-refractivity contribution in [3.05, 3.63) is 123 Å². The van der Waals surface area contributed by atoms with E-state index < -0.39 is 11.6 Å². The molecule has 0 heterocycles. The van der Waals surface area contributed by atoms with Gasteiger partial charge in [-0.1, -0.05) is 65.7 Å². The quantitative estimate of drug-likeness (QED) is 0.219. The van der Waals surface area contributed by atoms with Crippen molar-refractivity contribution < 1.29 is 8.78 Å². The zero-order valence-electron chi connectivity index (χ0n) is 20.1. The highest BCUT2D eigenvalue weighted by Gasteiger charge is 2.14. The minimum absolute atomic E-state index is 0.534. The molecule has 0 aliphatic rings. The molecule has 0 bridgehead atoms. The number of nitrogens with zero attached hydrogens (tertiary/aromatic N) is 1. The fourth-order valence-electron chi connectivity index (χ4n) is 4.27. The van der Waals surface area contributed by atoms with E-state index in [9.17, 15) is 8.78 Å². The predicted octanol–water partition coefficient (Wildman–Crippen LogP) is 8.96. The van der Waals surface area contributed by atoms with Crippen molar-refractivity contribution in [3.8, 4) is 11.1 Å². The Morgan fingerprint density at radius 2 is 1.40 bits per heavy atom. The smallest absolute Gasteiger partial charge is 0.126 e. The summed E-state index contributed by atoms with van der Waals surface area (Å²) in [6.07, 6.45) is 0.873. The molecule has 0 spiro atoms. The molecular formula is C30H28ClF2NS. The topological polar surface area (TPSA) is 3.24 Å². The zero-order chi connectivity index (χ0) is 24.9. The third kappa shape index (κ3) is 6.94. The Kier molecular flexibility index (Phi) is 8.27. The first-order chi connectivity index (χ1) is 16.8. The normalized spacial score (nSPS) is 11.3. The predicted molar refractivity (Wildman–Crippen MR) is 144 cm³/mol. The molecule has 0 N–H and O–H groups in total. The van der Waals surface area contributed by atoms with Gasteiger partial charge in [-0.15, -0.1) is 0 Å². The molecule has 35 heavy (non-hydrogen) atoms. The summed E-state index contributed by atoms with van der Waals surface area (Å²) in [5.41, 5.74) is 7.45. The van der Waals surface area contributed by atoms with Crippen LogP contribution in [0.15, 0.2) is 83.8 Å². The highest BCUT2D eigenvalue weighted by molar-refractivity contribution is 7.97. The average Bonchev–Trinajstić information content (AvgIpc) is 2.79. The van der Waals surface area contributed by atoms with Gasteiger partial charge in [-0.2, -0.15) is 0 Å². The maximum Gasteiger partial charge on any atom is 0.126 e. The molecule has 0 saturated carbocycles. The lowest BCUT2D eigenvalue weighted by molar-refractivity contribution is 0.470. The van der Waals surface area contributed by atoms with Crippen molar-refractivity contribution in [2.24, 2.45) is 0 Å². The summed E-state index contributed by atoms with van der Waals surface area (Å²) in [4.78, 5) is 1.27. The molecule has 5 heteroatoms. The maximum atomic E-state index is 13.7. The third-order valence-electron chi connectivity index (χ3n) is 5.87. The van der Waals surface area contributed by atoms with Gasteiger partial charge < -0.3 is 0 Å². The van der Waals surface area contributed by atoms with Gasteiger partial charge in [0, 0.05) is 29.1 Å². The second-order valence-corrected chi connectivity index (χ2v) is 10.5. The summed E-state index contributed by atoms with van der Waals surface area (Å²) in [6.45, 7) is 8.01. The summed E-state index contributed by atoms with van der Waals surface area (Å²) < 4.78 is 29.7. The number of benzene rings is 4. The molecule has 4 aromatic carbocycles. The number of halogens is 3. The van der Waals surface area contributed by atoms with Crippen molar-refractivity contribution in [2.75, 3.05) is 6.54 Å². The van der Waals surface area contributed by atoms with Crippen LogP contribution in [0.4, 0.5) is 8.78 Å². The second-order valence-electron chi connectivity index (χ2n) is 8.92. The van der Waals surface area contributed by atoms with Gasteiger partial charge in [0.1, 0.15) is 11.6 Å². The van der Waals surface area contributed by atoms with Crippen molar-refractivity contribution >= 4 is 23.5 Å². The standard InChI is InChI=1S/C30H28ClF2NS/c1-20-13-21(2)30(22(3)14-20)35-34(12-11-23-5-4-6-27(31)15-23)19-24-7-9-25(10-8-24)26-16-28(32)18-29(33)17-26/h4-10,13-18H,11-12,19H2,1-3H3. The Morgan fingerprint density at radius 3 is 2.03 bits per heavy atom. The lowest BCUT2D eigenvalue weighted by atomic mass is 10.0. The first kappa shape index (κ1) is 25.4. The Hall–Kier alpha value is -2.66. The molecule has 4 rings (SSSR count). The summed E-state index contributed by atoms with van der Waals surface area (Å²) in [5.74, 6) is -1.15. The average molecular weight is 508 g/mol. The van der Waals surface area contributed by atoms with E-state index in [1.165, 1.54) is 39.3 Å². The Bertz CT molecular complexity index is 1280. The fraction of sp³-hybridized carbons (Fsp3) is 0.200. The summed E-state index contributed by atoms with van der Waals surface area (Å²) >= 11 is 7.97. The molecule has 4 aromatic rings. The van der Waals surface area contributed by atoms with Crippen LogP contribution in [0.5, 0.6) is 0 Å². The minimum atomic E-state index is -0.573. The molecule has 0 fully saturated rings. The molecule has 0 aliphatic heterocycles. The van der Waals surface area contributed by atoms with Gasteiger partial charge in [0.15, 0.2) is 0 Å². The zero-order valence-corrected chi connectivity index (χ0v) is 21.7. The molecule has 0 saturated heterocycles. The SMILES string of the molecule is Cc1cc(C)c(SN(CCc2cccc(Cl)c2)Cc2ccc(-c3cc(F)cc(F)c3)cc2)c(C)c1. The summed E-state index contributed by atoms with van der Waals surface area (Å²) in [7, 11) is 0. The fourth-order valence-corrected chi connectivity index (χ4v) is 5.54. The number of aryl methyl sites for hydroxylation is 3. The van der Waals surface area contributed by atoms with Crippen LogP contribution in [-0.4, -0.2) is 10.8 Å². The van der Waals surface area contributed by atoms with Crippen molar-refractivity contribution in [1.29, 1.82) is 0 Å². The maximum absolute atomic E-state index is 13.7. The van der Waals surface area contributed by atoms with Crippen molar-refractivity contribution in [2.45, 2.75) is 38.6 Å². The van der Waals surface area contributed by atoms with Gasteiger partial charge >= 0.3 is 0 Å². The van der Waals surface area contributed by atoms with Gasteiger partial charge in [0.25, 0.3) is 0 Å². The van der Waals surface area contributed by atoms with Gasteiger partial charge in [0.2, 0.25) is 0 Å². The van der Waals surface area contributed by atoms with Crippen LogP contribution in [0, 0.1) is 32.4 Å². The monoisotopic (exact) mass is 507 g/mol. The number of hydrogen-bond acceptors (Lipinski definition) is 2. The number of hydrogen-bond donors (Lipinski definition) is 0. The Balaban J connectivity index is 1.55. The van der Waals surface area contributed by atoms with E-state index in [0.717, 1.165) is 41.7 Å². The van der Waals surface area contributed by atoms with E-state index in [0.29, 0.717) is 5.56 Å². The first-order valence-corrected chi connectivity index (χ1v) is 12.7. The molecule has 0 unspecified atom stereocenters. The minimum Gasteiger partial charge on any atom is -0.242 e. The van der Waals surface area contributed by atoms with Gasteiger partial charge in [-0.3, -0.25) is 0 Å². The molecule has 0 atom stereocenters. The molecule has 0 amide bonds. The largest absolute Gasteiger partial charge is 0.242 e. The third-order valence-corrected chi connectivity index (χ3v) is 7.50.